The molecule has 1 nitrogen and oxygen atoms in total. The van der Waals surface area contributed by atoms with Crippen molar-refractivity contribution < 1.29 is 5.11 Å². The summed E-state index contributed by atoms with van der Waals surface area (Å²) in [6, 6.07) is 9.85. The third kappa shape index (κ3) is 2.75. The molecule has 0 aromatic heterocycles. The fraction of sp³-hybridized carbons (Fsp3) is 0.182. The summed E-state index contributed by atoms with van der Waals surface area (Å²) in [5, 5.41) is 9.34. The summed E-state index contributed by atoms with van der Waals surface area (Å²) in [6.45, 7) is 3.40. The van der Waals surface area contributed by atoms with E-state index in [-0.39, 0.29) is 0 Å². The minimum Gasteiger partial charge on any atom is -0.388 e. The summed E-state index contributed by atoms with van der Waals surface area (Å²) in [7, 11) is 0. The van der Waals surface area contributed by atoms with E-state index in [1.165, 1.54) is 0 Å². The number of hydrogen-bond acceptors (Lipinski definition) is 1. The zero-order valence-corrected chi connectivity index (χ0v) is 6.90. The molecule has 1 heteroatoms. The van der Waals surface area contributed by atoms with Crippen LogP contribution in [0.4, 0.5) is 0 Å². The van der Waals surface area contributed by atoms with Crippen LogP contribution in [0.5, 0.6) is 0 Å². The van der Waals surface area contributed by atoms with Crippen molar-refractivity contribution in [2.45, 2.75) is 12.5 Å². The predicted octanol–water partition coefficient (Wildman–Crippen LogP) is 1.93. The summed E-state index contributed by atoms with van der Waals surface area (Å²) >= 11 is 0. The molecule has 0 amide bonds. The molecule has 0 unspecified atom stereocenters. The molecule has 0 aliphatic rings. The maximum absolute atomic E-state index is 9.34. The van der Waals surface area contributed by atoms with Crippen LogP contribution in [0.3, 0.4) is 0 Å². The van der Waals surface area contributed by atoms with Crippen LogP contribution in [0.1, 0.15) is 5.56 Å². The second-order valence-electron chi connectivity index (χ2n) is 2.63. The molecule has 0 spiro atoms. The Morgan fingerprint density at radius 3 is 2.67 bits per heavy atom. The molecule has 0 fully saturated rings. The maximum Gasteiger partial charge on any atom is 0.0834 e. The average molecular weight is 160 g/mol. The van der Waals surface area contributed by atoms with Crippen molar-refractivity contribution in [1.82, 2.24) is 0 Å². The van der Waals surface area contributed by atoms with E-state index < -0.39 is 6.10 Å². The minimum atomic E-state index is -0.468. The van der Waals surface area contributed by atoms with E-state index >= 15 is 0 Å². The normalized spacial score (nSPS) is 11.8. The molecule has 0 heterocycles. The molecule has 0 bridgehead atoms. The van der Waals surface area contributed by atoms with Gasteiger partial charge in [0.25, 0.3) is 0 Å². The van der Waals surface area contributed by atoms with Gasteiger partial charge in [-0.1, -0.05) is 36.9 Å². The van der Waals surface area contributed by atoms with E-state index in [1.54, 1.807) is 6.08 Å². The van der Waals surface area contributed by atoms with Crippen molar-refractivity contribution in [2.75, 3.05) is 0 Å². The van der Waals surface area contributed by atoms with Crippen LogP contribution < -0.4 is 0 Å². The first-order valence-corrected chi connectivity index (χ1v) is 3.91. The Kier molecular flexibility index (Phi) is 3.34. The molecule has 1 N–H and O–H groups in total. The van der Waals surface area contributed by atoms with Crippen molar-refractivity contribution in [3.05, 3.63) is 54.3 Å². The Morgan fingerprint density at radius 1 is 1.42 bits per heavy atom. The topological polar surface area (TPSA) is 20.2 Å². The average Bonchev–Trinajstić information content (AvgIpc) is 2.06. The van der Waals surface area contributed by atoms with Gasteiger partial charge in [-0.05, 0) is 11.6 Å². The van der Waals surface area contributed by atoms with Gasteiger partial charge in [0.2, 0.25) is 0 Å². The zero-order valence-electron chi connectivity index (χ0n) is 6.90. The SMILES string of the molecule is C=C=C[C@H](O)Cc1ccccc1. The van der Waals surface area contributed by atoms with Crippen molar-refractivity contribution in [2.24, 2.45) is 0 Å². The lowest BCUT2D eigenvalue weighted by atomic mass is 10.1. The molecule has 12 heavy (non-hydrogen) atoms. The van der Waals surface area contributed by atoms with Gasteiger partial charge < -0.3 is 5.11 Å². The minimum absolute atomic E-state index is 0.468. The van der Waals surface area contributed by atoms with Gasteiger partial charge in [-0.15, -0.1) is 5.73 Å². The summed E-state index contributed by atoms with van der Waals surface area (Å²) in [4.78, 5) is 0. The zero-order chi connectivity index (χ0) is 8.81. The highest BCUT2D eigenvalue weighted by Crippen LogP contribution is 2.02. The van der Waals surface area contributed by atoms with Crippen molar-refractivity contribution in [3.63, 3.8) is 0 Å². The van der Waals surface area contributed by atoms with Gasteiger partial charge in [-0.3, -0.25) is 0 Å². The van der Waals surface area contributed by atoms with Gasteiger partial charge >= 0.3 is 0 Å². The smallest absolute Gasteiger partial charge is 0.0834 e. The fourth-order valence-electron chi connectivity index (χ4n) is 1.05. The molecule has 0 saturated heterocycles. The van der Waals surface area contributed by atoms with E-state index in [1.807, 2.05) is 30.3 Å². The maximum atomic E-state index is 9.34. The Bertz CT molecular complexity index is 270. The molecule has 62 valence electrons. The lowest BCUT2D eigenvalue weighted by Crippen LogP contribution is -2.05. The monoisotopic (exact) mass is 160 g/mol. The van der Waals surface area contributed by atoms with E-state index in [4.69, 9.17) is 0 Å². The van der Waals surface area contributed by atoms with Crippen LogP contribution in [0.2, 0.25) is 0 Å². The lowest BCUT2D eigenvalue weighted by Gasteiger charge is -2.03. The molecule has 0 aliphatic heterocycles. The molecule has 0 radical (unpaired) electrons. The fourth-order valence-corrected chi connectivity index (χ4v) is 1.05. The van der Waals surface area contributed by atoms with Gasteiger partial charge in [0, 0.05) is 6.42 Å². The molecule has 1 atom stereocenters. The molecular weight excluding hydrogens is 148 g/mol. The number of benzene rings is 1. The number of rotatable bonds is 3. The van der Waals surface area contributed by atoms with Gasteiger partial charge in [-0.2, -0.15) is 0 Å². The van der Waals surface area contributed by atoms with Crippen LogP contribution in [-0.2, 0) is 6.42 Å². The Labute approximate surface area is 72.7 Å². The Balaban J connectivity index is 2.58. The Morgan fingerprint density at radius 2 is 2.08 bits per heavy atom. The third-order valence-electron chi connectivity index (χ3n) is 1.60. The van der Waals surface area contributed by atoms with E-state index in [0.717, 1.165) is 5.56 Å². The molecule has 1 rings (SSSR count). The van der Waals surface area contributed by atoms with E-state index in [2.05, 4.69) is 12.3 Å². The summed E-state index contributed by atoms with van der Waals surface area (Å²) < 4.78 is 0. The first-order valence-electron chi connectivity index (χ1n) is 3.91. The van der Waals surface area contributed by atoms with Crippen LogP contribution in [-0.4, -0.2) is 11.2 Å². The molecular formula is C11H12O. The summed E-state index contributed by atoms with van der Waals surface area (Å²) in [5.74, 6) is 0. The van der Waals surface area contributed by atoms with Gasteiger partial charge in [0.1, 0.15) is 0 Å². The van der Waals surface area contributed by atoms with Gasteiger partial charge in [0.15, 0.2) is 0 Å². The van der Waals surface area contributed by atoms with Crippen molar-refractivity contribution >= 4 is 0 Å². The molecule has 1 aromatic rings. The number of aliphatic hydroxyl groups excluding tert-OH is 1. The second kappa shape index (κ2) is 4.55. The standard InChI is InChI=1S/C11H12O/c1-2-6-11(12)9-10-7-4-3-5-8-10/h3-8,11-12H,1,9H2/t11-/m0/s1. The first kappa shape index (κ1) is 8.79. The van der Waals surface area contributed by atoms with Crippen molar-refractivity contribution in [3.8, 4) is 0 Å². The van der Waals surface area contributed by atoms with E-state index in [9.17, 15) is 5.11 Å². The highest BCUT2D eigenvalue weighted by molar-refractivity contribution is 5.16. The molecule has 0 aliphatic carbocycles. The molecule has 1 aromatic carbocycles. The largest absolute Gasteiger partial charge is 0.388 e. The third-order valence-corrected chi connectivity index (χ3v) is 1.60. The van der Waals surface area contributed by atoms with Crippen LogP contribution in [0.15, 0.2) is 48.7 Å². The van der Waals surface area contributed by atoms with Crippen LogP contribution >= 0.6 is 0 Å². The van der Waals surface area contributed by atoms with Gasteiger partial charge in [0.05, 0.1) is 6.10 Å². The lowest BCUT2D eigenvalue weighted by molar-refractivity contribution is 0.224. The van der Waals surface area contributed by atoms with Crippen LogP contribution in [0.25, 0.3) is 0 Å². The summed E-state index contributed by atoms with van der Waals surface area (Å²) in [5.41, 5.74) is 3.68. The Hall–Kier alpha value is -1.30. The highest BCUT2D eigenvalue weighted by Gasteiger charge is 1.98. The van der Waals surface area contributed by atoms with Crippen molar-refractivity contribution in [1.29, 1.82) is 0 Å². The van der Waals surface area contributed by atoms with Gasteiger partial charge in [-0.25, -0.2) is 0 Å². The highest BCUT2D eigenvalue weighted by atomic mass is 16.3. The van der Waals surface area contributed by atoms with E-state index in [0.29, 0.717) is 6.42 Å². The molecule has 0 saturated carbocycles. The van der Waals surface area contributed by atoms with Crippen LogP contribution in [0, 0.1) is 0 Å². The predicted molar refractivity (Wildman–Crippen MR) is 49.9 cm³/mol. The quantitative estimate of drug-likeness (QED) is 0.670. The summed E-state index contributed by atoms with van der Waals surface area (Å²) in [6.07, 6.45) is 1.72. The number of aliphatic hydroxyl groups is 1. The number of hydrogen-bond donors (Lipinski definition) is 1. The second-order valence-corrected chi connectivity index (χ2v) is 2.63. The first-order chi connectivity index (χ1) is 5.83.